The van der Waals surface area contributed by atoms with E-state index < -0.39 is 0 Å². The van der Waals surface area contributed by atoms with Crippen LogP contribution in [0.1, 0.15) is 17.2 Å². The first kappa shape index (κ1) is 20.7. The van der Waals surface area contributed by atoms with Crippen molar-refractivity contribution in [2.24, 2.45) is 10.7 Å². The number of nitrogens with two attached hydrogens (primary N) is 1. The van der Waals surface area contributed by atoms with E-state index in [2.05, 4.69) is 22.4 Å². The third kappa shape index (κ3) is 6.67. The summed E-state index contributed by atoms with van der Waals surface area (Å²) in [5.41, 5.74) is 8.08. The predicted octanol–water partition coefficient (Wildman–Crippen LogP) is 3.79. The molecule has 130 valence electrons. The Labute approximate surface area is 165 Å². The van der Waals surface area contributed by atoms with Gasteiger partial charge >= 0.3 is 0 Å². The highest BCUT2D eigenvalue weighted by Gasteiger charge is 2.13. The number of benzene rings is 2. The molecule has 0 saturated heterocycles. The molecule has 0 aliphatic heterocycles. The molecule has 6 heteroatoms. The number of hydrogen-bond donors (Lipinski definition) is 2. The monoisotopic (exact) mass is 459 g/mol. The number of hydrogen-bond acceptors (Lipinski definition) is 2. The lowest BCUT2D eigenvalue weighted by Crippen LogP contribution is -2.33. The zero-order valence-electron chi connectivity index (χ0n) is 13.6. The molecule has 0 radical (unpaired) electrons. The van der Waals surface area contributed by atoms with Crippen LogP contribution in [-0.2, 0) is 11.2 Å². The number of halogens is 2. The summed E-state index contributed by atoms with van der Waals surface area (Å²) < 4.78 is 5.47. The molecular weight excluding hydrogens is 437 g/mol. The first-order chi connectivity index (χ1) is 11.2. The summed E-state index contributed by atoms with van der Waals surface area (Å²) >= 11 is 6.19. The predicted molar refractivity (Wildman–Crippen MR) is 111 cm³/mol. The highest BCUT2D eigenvalue weighted by Crippen LogP contribution is 2.25. The summed E-state index contributed by atoms with van der Waals surface area (Å²) in [6, 6.07) is 17.8. The van der Waals surface area contributed by atoms with Crippen LogP contribution in [0.15, 0.2) is 59.6 Å². The summed E-state index contributed by atoms with van der Waals surface area (Å²) in [4.78, 5) is 4.34. The van der Waals surface area contributed by atoms with Gasteiger partial charge in [0.15, 0.2) is 5.96 Å². The van der Waals surface area contributed by atoms with Crippen LogP contribution in [0.5, 0.6) is 0 Å². The van der Waals surface area contributed by atoms with Gasteiger partial charge in [0.1, 0.15) is 6.10 Å². The molecule has 0 saturated carbocycles. The average Bonchev–Trinajstić information content (AvgIpc) is 2.58. The molecule has 3 N–H and O–H groups in total. The third-order valence-electron chi connectivity index (χ3n) is 3.53. The minimum atomic E-state index is -0.210. The van der Waals surface area contributed by atoms with E-state index in [9.17, 15) is 0 Å². The van der Waals surface area contributed by atoms with Gasteiger partial charge in [0.2, 0.25) is 0 Å². The summed E-state index contributed by atoms with van der Waals surface area (Å²) in [7, 11) is 1.64. The third-order valence-corrected chi connectivity index (χ3v) is 3.87. The first-order valence-corrected chi connectivity index (χ1v) is 7.93. The van der Waals surface area contributed by atoms with E-state index >= 15 is 0 Å². The largest absolute Gasteiger partial charge is 0.375 e. The van der Waals surface area contributed by atoms with E-state index in [4.69, 9.17) is 22.1 Å². The molecule has 2 rings (SSSR count). The smallest absolute Gasteiger partial charge is 0.188 e. The molecule has 1 unspecified atom stereocenters. The van der Waals surface area contributed by atoms with Crippen molar-refractivity contribution in [2.45, 2.75) is 12.5 Å². The Morgan fingerprint density at radius 1 is 1.17 bits per heavy atom. The SMILES string of the molecule is COC(CN=C(N)NCCc1ccccc1)c1ccccc1Cl.I. The van der Waals surface area contributed by atoms with Gasteiger partial charge in [0.05, 0.1) is 6.54 Å². The Morgan fingerprint density at radius 3 is 2.50 bits per heavy atom. The van der Waals surface area contributed by atoms with E-state index in [0.29, 0.717) is 17.5 Å². The molecule has 0 aliphatic rings. The van der Waals surface area contributed by atoms with Crippen LogP contribution in [0.25, 0.3) is 0 Å². The second-order valence-corrected chi connectivity index (χ2v) is 5.54. The average molecular weight is 460 g/mol. The van der Waals surface area contributed by atoms with Crippen molar-refractivity contribution in [3.8, 4) is 0 Å². The molecular formula is C18H23ClIN3O. The summed E-state index contributed by atoms with van der Waals surface area (Å²) in [6.07, 6.45) is 0.688. The Bertz CT molecular complexity index is 637. The standard InChI is InChI=1S/C18H22ClN3O.HI/c1-23-17(15-9-5-6-10-16(15)19)13-22-18(20)21-12-11-14-7-3-2-4-8-14;/h2-10,17H,11-13H2,1H3,(H3,20,21,22);1H. The summed E-state index contributed by atoms with van der Waals surface area (Å²) in [5, 5.41) is 3.79. The lowest BCUT2D eigenvalue weighted by Gasteiger charge is -2.15. The van der Waals surface area contributed by atoms with Crippen molar-refractivity contribution in [3.05, 3.63) is 70.7 Å². The second-order valence-electron chi connectivity index (χ2n) is 5.13. The van der Waals surface area contributed by atoms with Gasteiger partial charge < -0.3 is 15.8 Å². The molecule has 0 aliphatic carbocycles. The zero-order valence-corrected chi connectivity index (χ0v) is 16.7. The molecule has 2 aromatic carbocycles. The van der Waals surface area contributed by atoms with E-state index in [1.165, 1.54) is 5.56 Å². The lowest BCUT2D eigenvalue weighted by molar-refractivity contribution is 0.111. The van der Waals surface area contributed by atoms with Gasteiger partial charge in [-0.3, -0.25) is 4.99 Å². The number of rotatable bonds is 7. The van der Waals surface area contributed by atoms with Gasteiger partial charge in [-0.05, 0) is 18.1 Å². The fraction of sp³-hybridized carbons (Fsp3) is 0.278. The summed E-state index contributed by atoms with van der Waals surface area (Å²) in [6.45, 7) is 1.16. The fourth-order valence-electron chi connectivity index (χ4n) is 2.25. The van der Waals surface area contributed by atoms with Crippen molar-refractivity contribution in [2.75, 3.05) is 20.2 Å². The van der Waals surface area contributed by atoms with Gasteiger partial charge in [-0.2, -0.15) is 0 Å². The second kappa shape index (κ2) is 11.3. The van der Waals surface area contributed by atoms with Gasteiger partial charge in [-0.15, -0.1) is 24.0 Å². The maximum absolute atomic E-state index is 6.19. The van der Waals surface area contributed by atoms with Crippen molar-refractivity contribution < 1.29 is 4.74 Å². The van der Waals surface area contributed by atoms with Crippen LogP contribution in [0, 0.1) is 0 Å². The molecule has 0 bridgehead atoms. The Balaban J connectivity index is 0.00000288. The van der Waals surface area contributed by atoms with Crippen molar-refractivity contribution in [3.63, 3.8) is 0 Å². The van der Waals surface area contributed by atoms with Crippen LogP contribution in [0.2, 0.25) is 5.02 Å². The number of ether oxygens (including phenoxy) is 1. The van der Waals surface area contributed by atoms with E-state index in [1.807, 2.05) is 42.5 Å². The first-order valence-electron chi connectivity index (χ1n) is 7.55. The number of guanidine groups is 1. The van der Waals surface area contributed by atoms with Crippen LogP contribution in [-0.4, -0.2) is 26.2 Å². The van der Waals surface area contributed by atoms with Gasteiger partial charge in [0.25, 0.3) is 0 Å². The van der Waals surface area contributed by atoms with Gasteiger partial charge in [-0.25, -0.2) is 0 Å². The Morgan fingerprint density at radius 2 is 1.83 bits per heavy atom. The van der Waals surface area contributed by atoms with Crippen molar-refractivity contribution >= 4 is 41.5 Å². The topological polar surface area (TPSA) is 59.6 Å². The number of nitrogens with one attached hydrogen (secondary N) is 1. The zero-order chi connectivity index (χ0) is 16.5. The molecule has 0 fully saturated rings. The highest BCUT2D eigenvalue weighted by atomic mass is 127. The number of methoxy groups -OCH3 is 1. The van der Waals surface area contributed by atoms with Gasteiger partial charge in [0, 0.05) is 24.2 Å². The minimum Gasteiger partial charge on any atom is -0.375 e. The Hall–Kier alpha value is -1.31. The minimum absolute atomic E-state index is 0. The van der Waals surface area contributed by atoms with Gasteiger partial charge in [-0.1, -0.05) is 60.1 Å². The maximum Gasteiger partial charge on any atom is 0.188 e. The van der Waals surface area contributed by atoms with Crippen LogP contribution < -0.4 is 11.1 Å². The molecule has 0 aromatic heterocycles. The van der Waals surface area contributed by atoms with Crippen LogP contribution in [0.3, 0.4) is 0 Å². The molecule has 0 spiro atoms. The van der Waals surface area contributed by atoms with Crippen molar-refractivity contribution in [1.82, 2.24) is 5.32 Å². The fourth-order valence-corrected chi connectivity index (χ4v) is 2.51. The lowest BCUT2D eigenvalue weighted by atomic mass is 10.1. The van der Waals surface area contributed by atoms with Crippen molar-refractivity contribution in [1.29, 1.82) is 0 Å². The number of aliphatic imine (C=N–C) groups is 1. The van der Waals surface area contributed by atoms with Crippen LogP contribution in [0.4, 0.5) is 0 Å². The van der Waals surface area contributed by atoms with E-state index in [0.717, 1.165) is 18.5 Å². The van der Waals surface area contributed by atoms with E-state index in [-0.39, 0.29) is 30.1 Å². The molecule has 0 heterocycles. The maximum atomic E-state index is 6.19. The van der Waals surface area contributed by atoms with E-state index in [1.54, 1.807) is 7.11 Å². The molecule has 24 heavy (non-hydrogen) atoms. The number of nitrogens with zero attached hydrogens (tertiary/aromatic N) is 1. The Kier molecular flexibility index (Phi) is 9.75. The quantitative estimate of drug-likeness (QED) is 0.376. The normalized spacial score (nSPS) is 12.3. The summed E-state index contributed by atoms with van der Waals surface area (Å²) in [5.74, 6) is 0.412. The molecule has 0 amide bonds. The molecule has 4 nitrogen and oxygen atoms in total. The molecule has 2 aromatic rings. The molecule has 1 atom stereocenters. The highest BCUT2D eigenvalue weighted by molar-refractivity contribution is 14.0. The van der Waals surface area contributed by atoms with Crippen LogP contribution >= 0.6 is 35.6 Å².